The smallest absolute Gasteiger partial charge is 0.00466 e. The molecule has 0 aliphatic heterocycles. The molecule has 0 amide bonds. The highest BCUT2D eigenvalue weighted by molar-refractivity contribution is 9.09. The summed E-state index contributed by atoms with van der Waals surface area (Å²) in [5.74, 6) is 0. The van der Waals surface area contributed by atoms with Crippen LogP contribution in [0.1, 0.15) is 52.4 Å². The van der Waals surface area contributed by atoms with Crippen LogP contribution in [0.25, 0.3) is 0 Å². The SMILES string of the molecule is CCCCCCCNC(C)CCBr. The second kappa shape index (κ2) is 10.5. The highest BCUT2D eigenvalue weighted by Crippen LogP contribution is 2.02. The van der Waals surface area contributed by atoms with Gasteiger partial charge in [-0.3, -0.25) is 0 Å². The standard InChI is InChI=1S/C11H24BrN/c1-3-4-5-6-7-10-13-11(2)8-9-12/h11,13H,3-10H2,1-2H3. The van der Waals surface area contributed by atoms with Crippen LogP contribution in [0.15, 0.2) is 0 Å². The van der Waals surface area contributed by atoms with Gasteiger partial charge in [0.05, 0.1) is 0 Å². The molecule has 0 radical (unpaired) electrons. The Bertz CT molecular complexity index is 96.1. The van der Waals surface area contributed by atoms with Crippen LogP contribution in [-0.2, 0) is 0 Å². The lowest BCUT2D eigenvalue weighted by atomic mass is 10.1. The number of hydrogen-bond acceptors (Lipinski definition) is 1. The molecular weight excluding hydrogens is 226 g/mol. The van der Waals surface area contributed by atoms with Crippen molar-refractivity contribution in [1.29, 1.82) is 0 Å². The van der Waals surface area contributed by atoms with Crippen LogP contribution in [0.2, 0.25) is 0 Å². The minimum absolute atomic E-state index is 0.672. The topological polar surface area (TPSA) is 12.0 Å². The van der Waals surface area contributed by atoms with E-state index in [9.17, 15) is 0 Å². The zero-order valence-electron chi connectivity index (χ0n) is 9.11. The van der Waals surface area contributed by atoms with E-state index in [4.69, 9.17) is 0 Å². The van der Waals surface area contributed by atoms with Crippen molar-refractivity contribution < 1.29 is 0 Å². The molecule has 1 unspecified atom stereocenters. The van der Waals surface area contributed by atoms with Crippen LogP contribution in [-0.4, -0.2) is 17.9 Å². The van der Waals surface area contributed by atoms with Crippen LogP contribution >= 0.6 is 15.9 Å². The summed E-state index contributed by atoms with van der Waals surface area (Å²) < 4.78 is 0. The second-order valence-electron chi connectivity index (χ2n) is 3.75. The molecule has 0 aromatic carbocycles. The molecule has 0 aliphatic carbocycles. The highest BCUT2D eigenvalue weighted by Gasteiger charge is 1.98. The maximum absolute atomic E-state index is 3.53. The van der Waals surface area contributed by atoms with Gasteiger partial charge in [0.15, 0.2) is 0 Å². The van der Waals surface area contributed by atoms with E-state index < -0.39 is 0 Å². The first kappa shape index (κ1) is 13.4. The summed E-state index contributed by atoms with van der Waals surface area (Å²) in [7, 11) is 0. The van der Waals surface area contributed by atoms with Crippen LogP contribution in [0, 0.1) is 0 Å². The van der Waals surface area contributed by atoms with E-state index in [1.54, 1.807) is 0 Å². The summed E-state index contributed by atoms with van der Waals surface area (Å²) in [4.78, 5) is 0. The average molecular weight is 250 g/mol. The molecule has 0 saturated carbocycles. The summed E-state index contributed by atoms with van der Waals surface area (Å²) in [5.41, 5.74) is 0. The number of alkyl halides is 1. The molecular formula is C11H24BrN. The third-order valence-electron chi connectivity index (χ3n) is 2.32. The van der Waals surface area contributed by atoms with Crippen molar-refractivity contribution in [1.82, 2.24) is 5.32 Å². The van der Waals surface area contributed by atoms with Crippen molar-refractivity contribution >= 4 is 15.9 Å². The van der Waals surface area contributed by atoms with E-state index in [0.717, 1.165) is 5.33 Å². The summed E-state index contributed by atoms with van der Waals surface area (Å²) in [6.07, 6.45) is 8.11. The lowest BCUT2D eigenvalue weighted by molar-refractivity contribution is 0.509. The fourth-order valence-electron chi connectivity index (χ4n) is 1.34. The summed E-state index contributed by atoms with van der Waals surface area (Å²) in [6.45, 7) is 5.71. The molecule has 1 atom stereocenters. The van der Waals surface area contributed by atoms with Crippen molar-refractivity contribution in [2.75, 3.05) is 11.9 Å². The highest BCUT2D eigenvalue weighted by atomic mass is 79.9. The molecule has 0 fully saturated rings. The van der Waals surface area contributed by atoms with Gasteiger partial charge < -0.3 is 5.32 Å². The molecule has 1 nitrogen and oxygen atoms in total. The Hall–Kier alpha value is 0.440. The molecule has 0 aromatic rings. The van der Waals surface area contributed by atoms with E-state index in [1.165, 1.54) is 45.1 Å². The van der Waals surface area contributed by atoms with Gasteiger partial charge in [0.25, 0.3) is 0 Å². The molecule has 80 valence electrons. The van der Waals surface area contributed by atoms with Gasteiger partial charge in [0.2, 0.25) is 0 Å². The van der Waals surface area contributed by atoms with Crippen molar-refractivity contribution in [2.24, 2.45) is 0 Å². The number of rotatable bonds is 9. The summed E-state index contributed by atoms with van der Waals surface area (Å²) >= 11 is 3.45. The molecule has 0 bridgehead atoms. The van der Waals surface area contributed by atoms with E-state index in [2.05, 4.69) is 35.1 Å². The molecule has 0 saturated heterocycles. The zero-order chi connectivity index (χ0) is 9.94. The quantitative estimate of drug-likeness (QED) is 0.485. The molecule has 0 spiro atoms. The van der Waals surface area contributed by atoms with Gasteiger partial charge in [-0.1, -0.05) is 48.5 Å². The summed E-state index contributed by atoms with van der Waals surface area (Å²) in [6, 6.07) is 0.672. The molecule has 0 aliphatic rings. The second-order valence-corrected chi connectivity index (χ2v) is 4.54. The molecule has 0 heterocycles. The van der Waals surface area contributed by atoms with Crippen molar-refractivity contribution in [3.8, 4) is 0 Å². The van der Waals surface area contributed by atoms with Crippen LogP contribution < -0.4 is 5.32 Å². The lowest BCUT2D eigenvalue weighted by Crippen LogP contribution is -2.27. The maximum atomic E-state index is 3.53. The minimum atomic E-state index is 0.672. The van der Waals surface area contributed by atoms with E-state index >= 15 is 0 Å². The van der Waals surface area contributed by atoms with Crippen LogP contribution in [0.4, 0.5) is 0 Å². The van der Waals surface area contributed by atoms with Crippen molar-refractivity contribution in [2.45, 2.75) is 58.4 Å². The van der Waals surface area contributed by atoms with Crippen LogP contribution in [0.3, 0.4) is 0 Å². The van der Waals surface area contributed by atoms with E-state index in [1.807, 2.05) is 0 Å². The van der Waals surface area contributed by atoms with E-state index in [-0.39, 0.29) is 0 Å². The number of hydrogen-bond donors (Lipinski definition) is 1. The largest absolute Gasteiger partial charge is 0.314 e. The fourth-order valence-corrected chi connectivity index (χ4v) is 2.03. The van der Waals surface area contributed by atoms with Gasteiger partial charge in [0, 0.05) is 11.4 Å². The third kappa shape index (κ3) is 10.4. The lowest BCUT2D eigenvalue weighted by Gasteiger charge is -2.11. The predicted octanol–water partition coefficient (Wildman–Crippen LogP) is 3.72. The van der Waals surface area contributed by atoms with Crippen molar-refractivity contribution in [3.63, 3.8) is 0 Å². The predicted molar refractivity (Wildman–Crippen MR) is 64.6 cm³/mol. The first-order valence-electron chi connectivity index (χ1n) is 5.60. The minimum Gasteiger partial charge on any atom is -0.314 e. The first-order valence-corrected chi connectivity index (χ1v) is 6.72. The Morgan fingerprint density at radius 1 is 1.15 bits per heavy atom. The van der Waals surface area contributed by atoms with Crippen LogP contribution in [0.5, 0.6) is 0 Å². The fraction of sp³-hybridized carbons (Fsp3) is 1.00. The zero-order valence-corrected chi connectivity index (χ0v) is 10.7. The molecule has 2 heteroatoms. The molecule has 1 N–H and O–H groups in total. The first-order chi connectivity index (χ1) is 6.31. The Kier molecular flexibility index (Phi) is 10.9. The van der Waals surface area contributed by atoms with Gasteiger partial charge in [-0.25, -0.2) is 0 Å². The average Bonchev–Trinajstić information content (AvgIpc) is 2.11. The number of unbranched alkanes of at least 4 members (excludes halogenated alkanes) is 4. The Balaban J connectivity index is 2.97. The molecule has 0 aromatic heterocycles. The number of halogens is 1. The van der Waals surface area contributed by atoms with E-state index in [0.29, 0.717) is 6.04 Å². The van der Waals surface area contributed by atoms with Gasteiger partial charge in [-0.15, -0.1) is 0 Å². The van der Waals surface area contributed by atoms with Gasteiger partial charge in [-0.2, -0.15) is 0 Å². The maximum Gasteiger partial charge on any atom is 0.00466 e. The van der Waals surface area contributed by atoms with Gasteiger partial charge in [0.1, 0.15) is 0 Å². The van der Waals surface area contributed by atoms with Crippen molar-refractivity contribution in [3.05, 3.63) is 0 Å². The summed E-state index contributed by atoms with van der Waals surface area (Å²) in [5, 5.41) is 4.64. The third-order valence-corrected chi connectivity index (χ3v) is 2.77. The molecule has 0 rings (SSSR count). The monoisotopic (exact) mass is 249 g/mol. The Labute approximate surface area is 91.8 Å². The Morgan fingerprint density at radius 3 is 2.46 bits per heavy atom. The van der Waals surface area contributed by atoms with Gasteiger partial charge >= 0.3 is 0 Å². The Morgan fingerprint density at radius 2 is 1.85 bits per heavy atom. The number of nitrogens with one attached hydrogen (secondary N) is 1. The molecule has 13 heavy (non-hydrogen) atoms. The normalized spacial score (nSPS) is 13.2. The van der Waals surface area contributed by atoms with Gasteiger partial charge in [-0.05, 0) is 26.3 Å².